The number of aromatic nitrogens is 2. The molecule has 2 aromatic rings. The molecule has 25 heavy (non-hydrogen) atoms. The Kier molecular flexibility index (Phi) is 7.74. The number of esters is 1. The molecule has 0 fully saturated rings. The van der Waals surface area contributed by atoms with Gasteiger partial charge < -0.3 is 9.30 Å². The largest absolute Gasteiger partial charge is 0.466 e. The third-order valence-electron chi connectivity index (χ3n) is 3.89. The van der Waals surface area contributed by atoms with E-state index in [4.69, 9.17) is 16.3 Å². The maximum atomic E-state index is 11.5. The second-order valence-corrected chi connectivity index (χ2v) is 6.20. The molecule has 0 bridgehead atoms. The van der Waals surface area contributed by atoms with Crippen LogP contribution in [-0.4, -0.2) is 22.1 Å². The fourth-order valence-electron chi connectivity index (χ4n) is 2.57. The molecule has 0 unspecified atom stereocenters. The summed E-state index contributed by atoms with van der Waals surface area (Å²) >= 11 is 6.32. The van der Waals surface area contributed by atoms with Gasteiger partial charge in [-0.05, 0) is 31.1 Å². The molecule has 0 spiro atoms. The van der Waals surface area contributed by atoms with Gasteiger partial charge in [-0.25, -0.2) is 4.98 Å². The Morgan fingerprint density at radius 2 is 2.12 bits per heavy atom. The quantitative estimate of drug-likeness (QED) is 0.598. The summed E-state index contributed by atoms with van der Waals surface area (Å²) in [6.45, 7) is 5.04. The number of hydrogen-bond donors (Lipinski definition) is 0. The SMILES string of the molecule is CCCCc1ncc(C=CCC(=O)OCC)n1Cc1ccccc1Cl. The lowest BCUT2D eigenvalue weighted by Gasteiger charge is -2.11. The minimum Gasteiger partial charge on any atom is -0.466 e. The number of nitrogens with zero attached hydrogens (tertiary/aromatic N) is 2. The Hall–Kier alpha value is -2.07. The number of benzene rings is 1. The van der Waals surface area contributed by atoms with Crippen LogP contribution < -0.4 is 0 Å². The van der Waals surface area contributed by atoms with Crippen LogP contribution in [0, 0.1) is 0 Å². The summed E-state index contributed by atoms with van der Waals surface area (Å²) in [6, 6.07) is 7.84. The molecule has 0 saturated carbocycles. The fourth-order valence-corrected chi connectivity index (χ4v) is 2.77. The molecular weight excluding hydrogens is 336 g/mol. The van der Waals surface area contributed by atoms with Crippen molar-refractivity contribution in [2.75, 3.05) is 6.61 Å². The Balaban J connectivity index is 2.21. The number of unbranched alkanes of at least 4 members (excludes halogenated alkanes) is 1. The summed E-state index contributed by atoms with van der Waals surface area (Å²) in [5.74, 6) is 0.819. The van der Waals surface area contributed by atoms with E-state index in [1.807, 2.05) is 42.6 Å². The van der Waals surface area contributed by atoms with Crippen LogP contribution in [0.1, 0.15) is 50.2 Å². The van der Waals surface area contributed by atoms with Crippen LogP contribution in [0.4, 0.5) is 0 Å². The van der Waals surface area contributed by atoms with Gasteiger partial charge >= 0.3 is 5.97 Å². The maximum absolute atomic E-state index is 11.5. The van der Waals surface area contributed by atoms with Crippen LogP contribution in [-0.2, 0) is 22.5 Å². The number of ether oxygens (including phenoxy) is 1. The standard InChI is InChI=1S/C20H25ClN2O2/c1-3-5-12-19-22-14-17(10-8-13-20(24)25-4-2)23(19)15-16-9-6-7-11-18(16)21/h6-11,14H,3-5,12-13,15H2,1-2H3. The second kappa shape index (κ2) is 10.0. The molecule has 5 heteroatoms. The molecule has 0 aliphatic heterocycles. The van der Waals surface area contributed by atoms with E-state index in [-0.39, 0.29) is 12.4 Å². The van der Waals surface area contributed by atoms with Gasteiger partial charge in [-0.2, -0.15) is 0 Å². The minimum absolute atomic E-state index is 0.220. The van der Waals surface area contributed by atoms with Crippen LogP contribution in [0.5, 0.6) is 0 Å². The lowest BCUT2D eigenvalue weighted by atomic mass is 10.2. The van der Waals surface area contributed by atoms with Crippen molar-refractivity contribution in [2.24, 2.45) is 0 Å². The summed E-state index contributed by atoms with van der Waals surface area (Å²) in [6.07, 6.45) is 8.99. The molecule has 2 rings (SSSR count). The van der Waals surface area contributed by atoms with E-state index in [9.17, 15) is 4.79 Å². The van der Waals surface area contributed by atoms with E-state index in [2.05, 4.69) is 16.5 Å². The normalized spacial score (nSPS) is 11.2. The van der Waals surface area contributed by atoms with Crippen LogP contribution >= 0.6 is 11.6 Å². The first-order valence-corrected chi connectivity index (χ1v) is 9.13. The number of rotatable bonds is 9. The zero-order chi connectivity index (χ0) is 18.1. The lowest BCUT2D eigenvalue weighted by molar-refractivity contribution is -0.142. The number of imidazole rings is 1. The first-order valence-electron chi connectivity index (χ1n) is 8.75. The molecule has 4 nitrogen and oxygen atoms in total. The van der Waals surface area contributed by atoms with Crippen molar-refractivity contribution >= 4 is 23.6 Å². The third kappa shape index (κ3) is 5.75. The summed E-state index contributed by atoms with van der Waals surface area (Å²) in [5.41, 5.74) is 2.02. The van der Waals surface area contributed by atoms with Gasteiger partial charge in [0, 0.05) is 11.4 Å². The second-order valence-electron chi connectivity index (χ2n) is 5.79. The predicted molar refractivity (Wildman–Crippen MR) is 102 cm³/mol. The average Bonchev–Trinajstić information content (AvgIpc) is 2.97. The monoisotopic (exact) mass is 360 g/mol. The number of hydrogen-bond acceptors (Lipinski definition) is 3. The summed E-state index contributed by atoms with van der Waals surface area (Å²) in [4.78, 5) is 16.1. The highest BCUT2D eigenvalue weighted by Crippen LogP contribution is 2.20. The van der Waals surface area contributed by atoms with Gasteiger partial charge in [0.25, 0.3) is 0 Å². The van der Waals surface area contributed by atoms with Gasteiger partial charge in [0.15, 0.2) is 0 Å². The highest BCUT2D eigenvalue weighted by molar-refractivity contribution is 6.31. The maximum Gasteiger partial charge on any atom is 0.309 e. The molecule has 1 heterocycles. The van der Waals surface area contributed by atoms with Gasteiger partial charge in [-0.1, -0.05) is 49.2 Å². The number of carbonyl (C=O) groups excluding carboxylic acids is 1. The van der Waals surface area contributed by atoms with Crippen LogP contribution in [0.3, 0.4) is 0 Å². The van der Waals surface area contributed by atoms with Crippen molar-refractivity contribution in [3.05, 3.63) is 58.6 Å². The summed E-state index contributed by atoms with van der Waals surface area (Å²) < 4.78 is 7.11. The molecule has 1 aromatic carbocycles. The molecular formula is C20H25ClN2O2. The molecule has 134 valence electrons. The molecule has 0 amide bonds. The number of carbonyl (C=O) groups is 1. The van der Waals surface area contributed by atoms with Crippen molar-refractivity contribution in [1.82, 2.24) is 9.55 Å². The van der Waals surface area contributed by atoms with Gasteiger partial charge in [0.2, 0.25) is 0 Å². The molecule has 0 radical (unpaired) electrons. The molecule has 0 atom stereocenters. The Labute approximate surface area is 154 Å². The highest BCUT2D eigenvalue weighted by Gasteiger charge is 2.10. The molecule has 0 N–H and O–H groups in total. The molecule has 1 aromatic heterocycles. The predicted octanol–water partition coefficient (Wildman–Crippen LogP) is 4.89. The smallest absolute Gasteiger partial charge is 0.309 e. The van der Waals surface area contributed by atoms with Crippen LogP contribution in [0.25, 0.3) is 6.08 Å². The van der Waals surface area contributed by atoms with Crippen LogP contribution in [0.2, 0.25) is 5.02 Å². The van der Waals surface area contributed by atoms with Gasteiger partial charge in [0.1, 0.15) is 5.82 Å². The average molecular weight is 361 g/mol. The summed E-state index contributed by atoms with van der Waals surface area (Å²) in [5, 5.41) is 0.749. The lowest BCUT2D eigenvalue weighted by Crippen LogP contribution is -2.08. The van der Waals surface area contributed by atoms with E-state index in [0.29, 0.717) is 13.2 Å². The zero-order valence-electron chi connectivity index (χ0n) is 14.9. The number of halogens is 1. The topological polar surface area (TPSA) is 44.1 Å². The number of aryl methyl sites for hydroxylation is 1. The van der Waals surface area contributed by atoms with E-state index in [1.165, 1.54) is 0 Å². The van der Waals surface area contributed by atoms with E-state index >= 15 is 0 Å². The van der Waals surface area contributed by atoms with Crippen molar-refractivity contribution in [3.63, 3.8) is 0 Å². The van der Waals surface area contributed by atoms with Gasteiger partial charge in [-0.15, -0.1) is 0 Å². The van der Waals surface area contributed by atoms with Crippen molar-refractivity contribution < 1.29 is 9.53 Å². The minimum atomic E-state index is -0.220. The van der Waals surface area contributed by atoms with Gasteiger partial charge in [-0.3, -0.25) is 4.79 Å². The molecule has 0 saturated heterocycles. The first-order chi connectivity index (χ1) is 12.2. The van der Waals surface area contributed by atoms with Crippen molar-refractivity contribution in [1.29, 1.82) is 0 Å². The molecule has 0 aliphatic carbocycles. The Morgan fingerprint density at radius 1 is 1.32 bits per heavy atom. The fraction of sp³-hybridized carbons (Fsp3) is 0.400. The Morgan fingerprint density at radius 3 is 2.84 bits per heavy atom. The van der Waals surface area contributed by atoms with E-state index in [0.717, 1.165) is 41.4 Å². The first kappa shape index (κ1) is 19.3. The van der Waals surface area contributed by atoms with E-state index in [1.54, 1.807) is 6.92 Å². The van der Waals surface area contributed by atoms with Crippen LogP contribution in [0.15, 0.2) is 36.5 Å². The third-order valence-corrected chi connectivity index (χ3v) is 4.26. The van der Waals surface area contributed by atoms with Crippen molar-refractivity contribution in [2.45, 2.75) is 46.1 Å². The summed E-state index contributed by atoms with van der Waals surface area (Å²) in [7, 11) is 0. The van der Waals surface area contributed by atoms with E-state index < -0.39 is 0 Å². The van der Waals surface area contributed by atoms with Crippen molar-refractivity contribution in [3.8, 4) is 0 Å². The highest BCUT2D eigenvalue weighted by atomic mass is 35.5. The van der Waals surface area contributed by atoms with Gasteiger partial charge in [0.05, 0.1) is 31.5 Å². The zero-order valence-corrected chi connectivity index (χ0v) is 15.6. The Bertz CT molecular complexity index is 722. The molecule has 0 aliphatic rings.